The van der Waals surface area contributed by atoms with E-state index in [4.69, 9.17) is 0 Å². The molecule has 8 heteroatoms. The average Bonchev–Trinajstić information content (AvgIpc) is 3.13. The van der Waals surface area contributed by atoms with Crippen molar-refractivity contribution in [3.05, 3.63) is 41.1 Å². The summed E-state index contributed by atoms with van der Waals surface area (Å²) in [5, 5.41) is 7.10. The van der Waals surface area contributed by atoms with Crippen molar-refractivity contribution in [1.29, 1.82) is 0 Å². The van der Waals surface area contributed by atoms with E-state index < -0.39 is 0 Å². The number of nitrogens with one attached hydrogen (secondary N) is 1. The van der Waals surface area contributed by atoms with Crippen LogP contribution in [-0.4, -0.2) is 42.1 Å². The van der Waals surface area contributed by atoms with E-state index >= 15 is 0 Å². The first-order chi connectivity index (χ1) is 11.0. The van der Waals surface area contributed by atoms with E-state index in [1.165, 1.54) is 0 Å². The average molecular weight is 313 g/mol. The number of rotatable bonds is 4. The van der Waals surface area contributed by atoms with Crippen molar-refractivity contribution in [1.82, 2.24) is 34.4 Å². The molecular weight excluding hydrogens is 294 g/mol. The number of aryl methyl sites for hydroxylation is 5. The zero-order chi connectivity index (χ0) is 16.6. The van der Waals surface area contributed by atoms with Gasteiger partial charge in [0.25, 0.3) is 5.91 Å². The SMILES string of the molecule is CNC(=O)c1cn(C)c(CCc2nc3c(C)ncc(C)n3n2)n1. The van der Waals surface area contributed by atoms with Gasteiger partial charge >= 0.3 is 0 Å². The van der Waals surface area contributed by atoms with Gasteiger partial charge in [-0.2, -0.15) is 5.10 Å². The lowest BCUT2D eigenvalue weighted by Gasteiger charge is -1.98. The Morgan fingerprint density at radius 2 is 2.04 bits per heavy atom. The van der Waals surface area contributed by atoms with E-state index in [2.05, 4.69) is 25.4 Å². The maximum absolute atomic E-state index is 11.6. The number of fused-ring (bicyclic) bond motifs is 1. The van der Waals surface area contributed by atoms with Crippen molar-refractivity contribution in [3.8, 4) is 0 Å². The second-order valence-electron chi connectivity index (χ2n) is 5.48. The van der Waals surface area contributed by atoms with Crippen LogP contribution < -0.4 is 5.32 Å². The van der Waals surface area contributed by atoms with Gasteiger partial charge in [-0.1, -0.05) is 0 Å². The number of carbonyl (C=O) groups excluding carboxylic acids is 1. The Balaban J connectivity index is 1.81. The first-order valence-corrected chi connectivity index (χ1v) is 7.41. The van der Waals surface area contributed by atoms with E-state index in [9.17, 15) is 4.79 Å². The smallest absolute Gasteiger partial charge is 0.271 e. The number of hydrogen-bond acceptors (Lipinski definition) is 5. The highest BCUT2D eigenvalue weighted by molar-refractivity contribution is 5.91. The molecule has 3 aromatic heterocycles. The fourth-order valence-electron chi connectivity index (χ4n) is 2.44. The normalized spacial score (nSPS) is 11.1. The van der Waals surface area contributed by atoms with Crippen LogP contribution in [0.4, 0.5) is 0 Å². The van der Waals surface area contributed by atoms with Crippen molar-refractivity contribution in [2.45, 2.75) is 26.7 Å². The lowest BCUT2D eigenvalue weighted by Crippen LogP contribution is -2.18. The highest BCUT2D eigenvalue weighted by atomic mass is 16.1. The van der Waals surface area contributed by atoms with Gasteiger partial charge in [-0.15, -0.1) is 0 Å². The summed E-state index contributed by atoms with van der Waals surface area (Å²) in [7, 11) is 3.47. The second-order valence-corrected chi connectivity index (χ2v) is 5.48. The molecule has 3 aromatic rings. The van der Waals surface area contributed by atoms with Gasteiger partial charge in [0.15, 0.2) is 11.5 Å². The number of imidazole rings is 1. The third-order valence-corrected chi connectivity index (χ3v) is 3.76. The zero-order valence-electron chi connectivity index (χ0n) is 13.7. The first kappa shape index (κ1) is 15.1. The van der Waals surface area contributed by atoms with Crippen LogP contribution in [0.1, 0.15) is 33.5 Å². The molecule has 0 aliphatic rings. The van der Waals surface area contributed by atoms with Crippen LogP contribution in [0.3, 0.4) is 0 Å². The summed E-state index contributed by atoms with van der Waals surface area (Å²) >= 11 is 0. The number of aromatic nitrogens is 6. The number of hydrogen-bond donors (Lipinski definition) is 1. The van der Waals surface area contributed by atoms with E-state index in [0.29, 0.717) is 18.5 Å². The molecular formula is C15H19N7O. The summed E-state index contributed by atoms with van der Waals surface area (Å²) in [6, 6.07) is 0. The van der Waals surface area contributed by atoms with Crippen LogP contribution in [0.2, 0.25) is 0 Å². The van der Waals surface area contributed by atoms with Crippen LogP contribution in [0, 0.1) is 13.8 Å². The highest BCUT2D eigenvalue weighted by Gasteiger charge is 2.13. The number of carbonyl (C=O) groups is 1. The van der Waals surface area contributed by atoms with Crippen molar-refractivity contribution in [2.24, 2.45) is 7.05 Å². The van der Waals surface area contributed by atoms with E-state index in [0.717, 1.165) is 28.7 Å². The Kier molecular flexibility index (Phi) is 3.81. The summed E-state index contributed by atoms with van der Waals surface area (Å²) < 4.78 is 3.67. The Morgan fingerprint density at radius 1 is 1.26 bits per heavy atom. The predicted octanol–water partition coefficient (Wildman–Crippen LogP) is 0.619. The molecule has 0 aliphatic heterocycles. The molecule has 3 heterocycles. The molecule has 8 nitrogen and oxygen atoms in total. The Morgan fingerprint density at radius 3 is 2.74 bits per heavy atom. The van der Waals surface area contributed by atoms with E-state index in [1.54, 1.807) is 19.4 Å². The van der Waals surface area contributed by atoms with E-state index in [1.807, 2.05) is 30.0 Å². The van der Waals surface area contributed by atoms with Crippen molar-refractivity contribution >= 4 is 11.6 Å². The summed E-state index contributed by atoms with van der Waals surface area (Å²) in [5.41, 5.74) is 3.01. The molecule has 0 atom stereocenters. The molecule has 0 unspecified atom stereocenters. The van der Waals surface area contributed by atoms with Crippen LogP contribution in [0.25, 0.3) is 5.65 Å². The molecule has 0 radical (unpaired) electrons. The number of nitrogens with zero attached hydrogens (tertiary/aromatic N) is 6. The van der Waals surface area contributed by atoms with E-state index in [-0.39, 0.29) is 5.91 Å². The maximum Gasteiger partial charge on any atom is 0.271 e. The first-order valence-electron chi connectivity index (χ1n) is 7.41. The summed E-state index contributed by atoms with van der Waals surface area (Å²) in [5.74, 6) is 1.39. The lowest BCUT2D eigenvalue weighted by atomic mass is 10.3. The van der Waals surface area contributed by atoms with Crippen molar-refractivity contribution < 1.29 is 4.79 Å². The van der Waals surface area contributed by atoms with Crippen LogP contribution in [-0.2, 0) is 19.9 Å². The summed E-state index contributed by atoms with van der Waals surface area (Å²) in [6.45, 7) is 3.87. The molecule has 120 valence electrons. The highest BCUT2D eigenvalue weighted by Crippen LogP contribution is 2.10. The fourth-order valence-corrected chi connectivity index (χ4v) is 2.44. The van der Waals surface area contributed by atoms with Gasteiger partial charge in [0.05, 0.1) is 11.4 Å². The Labute approximate surface area is 133 Å². The molecule has 0 aliphatic carbocycles. The molecule has 0 saturated carbocycles. The monoisotopic (exact) mass is 313 g/mol. The minimum absolute atomic E-state index is 0.185. The van der Waals surface area contributed by atoms with Gasteiger partial charge in [0.2, 0.25) is 0 Å². The predicted molar refractivity (Wildman–Crippen MR) is 84.3 cm³/mol. The standard InChI is InChI=1S/C15H19N7O/c1-9-7-17-10(2)14-19-12(20-22(9)14)5-6-13-18-11(8-21(13)4)15(23)16-3/h7-8H,5-6H2,1-4H3,(H,16,23). The van der Waals surface area contributed by atoms with Crippen LogP contribution in [0.15, 0.2) is 12.4 Å². The van der Waals surface area contributed by atoms with Crippen molar-refractivity contribution in [3.63, 3.8) is 0 Å². The summed E-state index contributed by atoms with van der Waals surface area (Å²) in [4.78, 5) is 24.8. The molecule has 0 bridgehead atoms. The Bertz CT molecular complexity index is 838. The quantitative estimate of drug-likeness (QED) is 0.762. The third kappa shape index (κ3) is 2.79. The molecule has 0 fully saturated rings. The second kappa shape index (κ2) is 5.79. The van der Waals surface area contributed by atoms with Gasteiger partial charge in [0, 0.05) is 39.3 Å². The minimum atomic E-state index is -0.185. The number of amides is 1. The summed E-state index contributed by atoms with van der Waals surface area (Å²) in [6.07, 6.45) is 4.83. The van der Waals surface area contributed by atoms with Gasteiger partial charge in [0.1, 0.15) is 11.5 Å². The molecule has 0 aromatic carbocycles. The molecule has 3 rings (SSSR count). The van der Waals surface area contributed by atoms with Gasteiger partial charge in [-0.25, -0.2) is 14.5 Å². The van der Waals surface area contributed by atoms with Gasteiger partial charge in [-0.05, 0) is 13.8 Å². The molecule has 0 saturated heterocycles. The maximum atomic E-state index is 11.6. The largest absolute Gasteiger partial charge is 0.354 e. The Hall–Kier alpha value is -2.77. The van der Waals surface area contributed by atoms with Crippen LogP contribution >= 0.6 is 0 Å². The van der Waals surface area contributed by atoms with Crippen LogP contribution in [0.5, 0.6) is 0 Å². The zero-order valence-corrected chi connectivity index (χ0v) is 13.7. The lowest BCUT2D eigenvalue weighted by molar-refractivity contribution is 0.0958. The molecule has 1 N–H and O–H groups in total. The fraction of sp³-hybridized carbons (Fsp3) is 0.400. The van der Waals surface area contributed by atoms with Gasteiger partial charge < -0.3 is 9.88 Å². The molecule has 23 heavy (non-hydrogen) atoms. The van der Waals surface area contributed by atoms with Crippen molar-refractivity contribution in [2.75, 3.05) is 7.05 Å². The third-order valence-electron chi connectivity index (χ3n) is 3.76. The molecule has 1 amide bonds. The van der Waals surface area contributed by atoms with Gasteiger partial charge in [-0.3, -0.25) is 9.78 Å². The minimum Gasteiger partial charge on any atom is -0.354 e. The topological polar surface area (TPSA) is 90.0 Å². The molecule has 0 spiro atoms.